The Bertz CT molecular complexity index is 372. The maximum absolute atomic E-state index is 3.48. The Morgan fingerprint density at radius 1 is 1.21 bits per heavy atom. The van der Waals surface area contributed by atoms with Crippen molar-refractivity contribution in [2.45, 2.75) is 38.8 Å². The molecule has 2 heteroatoms. The maximum atomic E-state index is 3.48. The normalized spacial score (nSPS) is 20.3. The van der Waals surface area contributed by atoms with Gasteiger partial charge >= 0.3 is 0 Å². The Morgan fingerprint density at radius 2 is 1.84 bits per heavy atom. The monoisotopic (exact) mass is 260 g/mol. The zero-order valence-corrected chi connectivity index (χ0v) is 12.8. The number of nitrogens with zero attached hydrogens (tertiary/aromatic N) is 1. The first-order chi connectivity index (χ1) is 9.13. The van der Waals surface area contributed by atoms with Gasteiger partial charge in [0.05, 0.1) is 0 Å². The molecule has 106 valence electrons. The standard InChI is InChI=1S/C17H28N2/c1-13(12-19(4)14(2)15-10-11-15)17(18-3)16-8-6-5-7-9-16/h5-9,13-15,17-18H,10-12H2,1-4H3. The number of rotatable bonds is 7. The lowest BCUT2D eigenvalue weighted by molar-refractivity contribution is 0.187. The first kappa shape index (κ1) is 14.5. The van der Waals surface area contributed by atoms with E-state index in [1.165, 1.54) is 18.4 Å². The van der Waals surface area contributed by atoms with Crippen molar-refractivity contribution in [1.29, 1.82) is 0 Å². The third-order valence-electron chi connectivity index (χ3n) is 4.61. The van der Waals surface area contributed by atoms with Crippen molar-refractivity contribution in [3.05, 3.63) is 35.9 Å². The molecular weight excluding hydrogens is 232 g/mol. The van der Waals surface area contributed by atoms with Crippen molar-refractivity contribution in [2.75, 3.05) is 20.6 Å². The largest absolute Gasteiger partial charge is 0.313 e. The average Bonchev–Trinajstić information content (AvgIpc) is 3.24. The van der Waals surface area contributed by atoms with Gasteiger partial charge in [-0.1, -0.05) is 37.3 Å². The smallest absolute Gasteiger partial charge is 0.0355 e. The van der Waals surface area contributed by atoms with E-state index >= 15 is 0 Å². The van der Waals surface area contributed by atoms with E-state index in [4.69, 9.17) is 0 Å². The Morgan fingerprint density at radius 3 is 2.37 bits per heavy atom. The highest BCUT2D eigenvalue weighted by Crippen LogP contribution is 2.35. The predicted molar refractivity (Wildman–Crippen MR) is 82.2 cm³/mol. The SMILES string of the molecule is CNC(c1ccccc1)C(C)CN(C)C(C)C1CC1. The summed E-state index contributed by atoms with van der Waals surface area (Å²) in [7, 11) is 4.34. The van der Waals surface area contributed by atoms with Gasteiger partial charge in [-0.05, 0) is 51.3 Å². The van der Waals surface area contributed by atoms with Crippen LogP contribution in [0.4, 0.5) is 0 Å². The molecule has 0 aliphatic heterocycles. The van der Waals surface area contributed by atoms with E-state index in [0.717, 1.165) is 18.5 Å². The second kappa shape index (κ2) is 6.53. The van der Waals surface area contributed by atoms with Crippen LogP contribution in [-0.2, 0) is 0 Å². The molecule has 1 fully saturated rings. The van der Waals surface area contributed by atoms with Crippen molar-refractivity contribution < 1.29 is 0 Å². The first-order valence-corrected chi connectivity index (χ1v) is 7.56. The molecule has 1 N–H and O–H groups in total. The number of hydrogen-bond donors (Lipinski definition) is 1. The lowest BCUT2D eigenvalue weighted by Crippen LogP contribution is -2.38. The van der Waals surface area contributed by atoms with Crippen molar-refractivity contribution in [3.8, 4) is 0 Å². The maximum Gasteiger partial charge on any atom is 0.0355 e. The van der Waals surface area contributed by atoms with E-state index in [1.807, 2.05) is 0 Å². The highest BCUT2D eigenvalue weighted by atomic mass is 15.1. The van der Waals surface area contributed by atoms with E-state index in [1.54, 1.807) is 0 Å². The van der Waals surface area contributed by atoms with Crippen LogP contribution in [0.15, 0.2) is 30.3 Å². The van der Waals surface area contributed by atoms with Crippen LogP contribution in [0.5, 0.6) is 0 Å². The summed E-state index contributed by atoms with van der Waals surface area (Å²) < 4.78 is 0. The molecule has 0 amide bonds. The molecule has 0 saturated heterocycles. The minimum Gasteiger partial charge on any atom is -0.313 e. The van der Waals surface area contributed by atoms with Gasteiger partial charge < -0.3 is 10.2 Å². The fourth-order valence-corrected chi connectivity index (χ4v) is 3.10. The minimum absolute atomic E-state index is 0.440. The summed E-state index contributed by atoms with van der Waals surface area (Å²) in [6, 6.07) is 12.0. The Balaban J connectivity index is 1.94. The second-order valence-corrected chi connectivity index (χ2v) is 6.17. The van der Waals surface area contributed by atoms with Crippen molar-refractivity contribution in [2.24, 2.45) is 11.8 Å². The molecule has 0 bridgehead atoms. The Hall–Kier alpha value is -0.860. The van der Waals surface area contributed by atoms with Gasteiger partial charge in [-0.3, -0.25) is 0 Å². The number of hydrogen-bond acceptors (Lipinski definition) is 2. The van der Waals surface area contributed by atoms with E-state index in [9.17, 15) is 0 Å². The fourth-order valence-electron chi connectivity index (χ4n) is 3.10. The van der Waals surface area contributed by atoms with E-state index < -0.39 is 0 Å². The van der Waals surface area contributed by atoms with E-state index in [-0.39, 0.29) is 0 Å². The first-order valence-electron chi connectivity index (χ1n) is 7.56. The van der Waals surface area contributed by atoms with Gasteiger partial charge in [0.15, 0.2) is 0 Å². The van der Waals surface area contributed by atoms with Crippen molar-refractivity contribution >= 4 is 0 Å². The molecular formula is C17H28N2. The summed E-state index contributed by atoms with van der Waals surface area (Å²) in [6.07, 6.45) is 2.85. The van der Waals surface area contributed by atoms with Crippen LogP contribution in [0.2, 0.25) is 0 Å². The van der Waals surface area contributed by atoms with Gasteiger partial charge in [0.1, 0.15) is 0 Å². The molecule has 0 heterocycles. The summed E-state index contributed by atoms with van der Waals surface area (Å²) in [5, 5.41) is 3.48. The van der Waals surface area contributed by atoms with Crippen LogP contribution in [0.1, 0.15) is 38.3 Å². The number of nitrogens with one attached hydrogen (secondary N) is 1. The van der Waals surface area contributed by atoms with Gasteiger partial charge in [0.2, 0.25) is 0 Å². The van der Waals surface area contributed by atoms with Gasteiger partial charge in [-0.2, -0.15) is 0 Å². The third-order valence-corrected chi connectivity index (χ3v) is 4.61. The molecule has 1 aromatic rings. The van der Waals surface area contributed by atoms with Gasteiger partial charge in [-0.15, -0.1) is 0 Å². The van der Waals surface area contributed by atoms with Crippen molar-refractivity contribution in [3.63, 3.8) is 0 Å². The van der Waals surface area contributed by atoms with Gasteiger partial charge in [0, 0.05) is 18.6 Å². The molecule has 3 atom stereocenters. The van der Waals surface area contributed by atoms with Crippen LogP contribution in [0.25, 0.3) is 0 Å². The molecule has 2 nitrogen and oxygen atoms in total. The van der Waals surface area contributed by atoms with Gasteiger partial charge in [-0.25, -0.2) is 0 Å². The molecule has 0 aromatic heterocycles. The fraction of sp³-hybridized carbons (Fsp3) is 0.647. The van der Waals surface area contributed by atoms with Crippen LogP contribution < -0.4 is 5.32 Å². The molecule has 1 aliphatic rings. The molecule has 1 saturated carbocycles. The third kappa shape index (κ3) is 3.80. The topological polar surface area (TPSA) is 15.3 Å². The van der Waals surface area contributed by atoms with Crippen LogP contribution in [0.3, 0.4) is 0 Å². The summed E-state index contributed by atoms with van der Waals surface area (Å²) in [6.45, 7) is 5.88. The zero-order valence-electron chi connectivity index (χ0n) is 12.8. The predicted octanol–water partition coefficient (Wildman–Crippen LogP) is 3.31. The van der Waals surface area contributed by atoms with E-state index in [0.29, 0.717) is 12.0 Å². The molecule has 0 spiro atoms. The summed E-state index contributed by atoms with van der Waals surface area (Å²) >= 11 is 0. The molecule has 19 heavy (non-hydrogen) atoms. The van der Waals surface area contributed by atoms with Gasteiger partial charge in [0.25, 0.3) is 0 Å². The quantitative estimate of drug-likeness (QED) is 0.809. The molecule has 2 rings (SSSR count). The van der Waals surface area contributed by atoms with Crippen LogP contribution in [0, 0.1) is 11.8 Å². The average molecular weight is 260 g/mol. The molecule has 3 unspecified atom stereocenters. The summed E-state index contributed by atoms with van der Waals surface area (Å²) in [4.78, 5) is 2.54. The lowest BCUT2D eigenvalue weighted by Gasteiger charge is -2.31. The summed E-state index contributed by atoms with van der Waals surface area (Å²) in [5.74, 6) is 1.56. The van der Waals surface area contributed by atoms with E-state index in [2.05, 4.69) is 68.5 Å². The van der Waals surface area contributed by atoms with Crippen LogP contribution >= 0.6 is 0 Å². The highest BCUT2D eigenvalue weighted by Gasteiger charge is 2.31. The summed E-state index contributed by atoms with van der Waals surface area (Å²) in [5.41, 5.74) is 1.39. The molecule has 0 radical (unpaired) electrons. The minimum atomic E-state index is 0.440. The number of benzene rings is 1. The molecule has 1 aromatic carbocycles. The van der Waals surface area contributed by atoms with Crippen molar-refractivity contribution in [1.82, 2.24) is 10.2 Å². The van der Waals surface area contributed by atoms with Crippen LogP contribution in [-0.4, -0.2) is 31.6 Å². The lowest BCUT2D eigenvalue weighted by atomic mass is 9.93. The zero-order chi connectivity index (χ0) is 13.8. The Labute approximate surface area is 118 Å². The second-order valence-electron chi connectivity index (χ2n) is 6.17. The highest BCUT2D eigenvalue weighted by molar-refractivity contribution is 5.19. The Kier molecular flexibility index (Phi) is 5.00. The molecule has 1 aliphatic carbocycles.